The van der Waals surface area contributed by atoms with E-state index >= 15 is 0 Å². The zero-order valence-corrected chi connectivity index (χ0v) is 18.7. The monoisotopic (exact) mass is 404 g/mol. The van der Waals surface area contributed by atoms with E-state index < -0.39 is 6.08 Å². The molecule has 0 saturated heterocycles. The van der Waals surface area contributed by atoms with Crippen molar-refractivity contribution in [3.8, 4) is 0 Å². The molecule has 3 saturated carbocycles. The second-order valence-electron chi connectivity index (χ2n) is 10.4. The standard InChI is InChI=1S/C27H42F2/c1-20-3-5-22(6-4-20)7-8-24-13-16-26(17-14-24)21(2)19-25-11-9-23(10-12-25)15-18-27(28)29/h7-8,18-20,22-26H,3-6,9-17H2,1-2H3. The third-order valence-corrected chi connectivity index (χ3v) is 8.13. The van der Waals surface area contributed by atoms with Crippen LogP contribution in [-0.2, 0) is 0 Å². The smallest absolute Gasteiger partial charge is 0.174 e. The molecular weight excluding hydrogens is 362 g/mol. The first-order chi connectivity index (χ1) is 14.0. The molecule has 0 aromatic heterocycles. The predicted molar refractivity (Wildman–Crippen MR) is 120 cm³/mol. The average molecular weight is 405 g/mol. The molecule has 0 unspecified atom stereocenters. The minimum Gasteiger partial charge on any atom is -0.174 e. The van der Waals surface area contributed by atoms with Crippen molar-refractivity contribution in [1.29, 1.82) is 0 Å². The minimum absolute atomic E-state index is 0.469. The van der Waals surface area contributed by atoms with Crippen molar-refractivity contribution in [3.05, 3.63) is 36.0 Å². The van der Waals surface area contributed by atoms with Crippen molar-refractivity contribution >= 4 is 0 Å². The highest BCUT2D eigenvalue weighted by atomic mass is 19.3. The van der Waals surface area contributed by atoms with Gasteiger partial charge >= 0.3 is 0 Å². The van der Waals surface area contributed by atoms with Crippen molar-refractivity contribution in [2.75, 3.05) is 0 Å². The molecule has 0 aromatic rings. The summed E-state index contributed by atoms with van der Waals surface area (Å²) in [6.07, 6.45) is 23.4. The third kappa shape index (κ3) is 7.68. The molecule has 3 rings (SSSR count). The van der Waals surface area contributed by atoms with E-state index in [1.54, 1.807) is 5.57 Å². The highest BCUT2D eigenvalue weighted by Gasteiger charge is 2.24. The molecule has 0 aliphatic heterocycles. The summed E-state index contributed by atoms with van der Waals surface area (Å²) >= 11 is 0. The first-order valence-electron chi connectivity index (χ1n) is 12.4. The molecule has 0 radical (unpaired) electrons. The van der Waals surface area contributed by atoms with E-state index in [-0.39, 0.29) is 0 Å². The second kappa shape index (κ2) is 11.5. The summed E-state index contributed by atoms with van der Waals surface area (Å²) in [5.74, 6) is 4.51. The molecule has 0 heterocycles. The van der Waals surface area contributed by atoms with E-state index in [9.17, 15) is 8.78 Å². The van der Waals surface area contributed by atoms with Crippen LogP contribution in [0.25, 0.3) is 0 Å². The summed E-state index contributed by atoms with van der Waals surface area (Å²) < 4.78 is 24.6. The van der Waals surface area contributed by atoms with Crippen LogP contribution < -0.4 is 0 Å². The van der Waals surface area contributed by atoms with Crippen LogP contribution in [0.3, 0.4) is 0 Å². The maximum Gasteiger partial charge on any atom is 0.266 e. The van der Waals surface area contributed by atoms with Crippen LogP contribution >= 0.6 is 0 Å². The van der Waals surface area contributed by atoms with Gasteiger partial charge in [-0.2, -0.15) is 8.78 Å². The molecule has 29 heavy (non-hydrogen) atoms. The van der Waals surface area contributed by atoms with E-state index in [1.807, 2.05) is 0 Å². The van der Waals surface area contributed by atoms with E-state index in [0.29, 0.717) is 18.3 Å². The Morgan fingerprint density at radius 1 is 0.724 bits per heavy atom. The Balaban J connectivity index is 1.37. The highest BCUT2D eigenvalue weighted by molar-refractivity contribution is 5.09. The van der Waals surface area contributed by atoms with E-state index in [4.69, 9.17) is 0 Å². The lowest BCUT2D eigenvalue weighted by Crippen LogP contribution is -2.17. The topological polar surface area (TPSA) is 0 Å². The molecule has 3 aliphatic carbocycles. The fraction of sp³-hybridized carbons (Fsp3) is 0.778. The van der Waals surface area contributed by atoms with Gasteiger partial charge in [0.25, 0.3) is 6.08 Å². The van der Waals surface area contributed by atoms with Crippen molar-refractivity contribution in [2.24, 2.45) is 35.5 Å². The molecule has 0 N–H and O–H groups in total. The average Bonchev–Trinajstić information content (AvgIpc) is 2.73. The van der Waals surface area contributed by atoms with Crippen LogP contribution in [0.1, 0.15) is 97.3 Å². The maximum atomic E-state index is 12.3. The van der Waals surface area contributed by atoms with Crippen LogP contribution in [0.15, 0.2) is 36.0 Å². The van der Waals surface area contributed by atoms with Gasteiger partial charge in [-0.25, -0.2) is 0 Å². The van der Waals surface area contributed by atoms with Gasteiger partial charge in [-0.05, 0) is 119 Å². The molecule has 0 bridgehead atoms. The van der Waals surface area contributed by atoms with Crippen LogP contribution in [0, 0.1) is 35.5 Å². The van der Waals surface area contributed by atoms with Crippen molar-refractivity contribution in [3.63, 3.8) is 0 Å². The Kier molecular flexibility index (Phi) is 9.00. The molecule has 0 amide bonds. The zero-order valence-electron chi connectivity index (χ0n) is 18.7. The number of allylic oxidation sites excluding steroid dienone is 5. The molecular formula is C27H42F2. The zero-order chi connectivity index (χ0) is 20.6. The Bertz CT molecular complexity index is 559. The van der Waals surface area contributed by atoms with E-state index in [2.05, 4.69) is 32.1 Å². The summed E-state index contributed by atoms with van der Waals surface area (Å²) in [7, 11) is 0. The van der Waals surface area contributed by atoms with Crippen molar-refractivity contribution < 1.29 is 8.78 Å². The summed E-state index contributed by atoms with van der Waals surface area (Å²) in [5.41, 5.74) is 1.60. The Morgan fingerprint density at radius 3 is 1.79 bits per heavy atom. The fourth-order valence-corrected chi connectivity index (χ4v) is 5.91. The summed E-state index contributed by atoms with van der Waals surface area (Å²) in [6.45, 7) is 4.74. The summed E-state index contributed by atoms with van der Waals surface area (Å²) in [4.78, 5) is 0. The first-order valence-corrected chi connectivity index (χ1v) is 12.4. The minimum atomic E-state index is -1.51. The third-order valence-electron chi connectivity index (χ3n) is 8.13. The van der Waals surface area contributed by atoms with E-state index in [0.717, 1.165) is 42.6 Å². The highest BCUT2D eigenvalue weighted by Crippen LogP contribution is 2.38. The van der Waals surface area contributed by atoms with Crippen LogP contribution in [0.4, 0.5) is 8.78 Å². The maximum absolute atomic E-state index is 12.3. The lowest BCUT2D eigenvalue weighted by molar-refractivity contribution is 0.302. The van der Waals surface area contributed by atoms with Crippen LogP contribution in [0.5, 0.6) is 0 Å². The van der Waals surface area contributed by atoms with Gasteiger partial charge in [0.15, 0.2) is 0 Å². The largest absolute Gasteiger partial charge is 0.266 e. The molecule has 3 fully saturated rings. The van der Waals surface area contributed by atoms with Gasteiger partial charge in [0.05, 0.1) is 0 Å². The van der Waals surface area contributed by atoms with Crippen molar-refractivity contribution in [2.45, 2.75) is 97.3 Å². The number of rotatable bonds is 6. The summed E-state index contributed by atoms with van der Waals surface area (Å²) in [5, 5.41) is 0. The molecule has 0 spiro atoms. The molecule has 2 heteroatoms. The van der Waals surface area contributed by atoms with Crippen molar-refractivity contribution in [1.82, 2.24) is 0 Å². The van der Waals surface area contributed by atoms with Gasteiger partial charge < -0.3 is 0 Å². The second-order valence-corrected chi connectivity index (χ2v) is 10.4. The van der Waals surface area contributed by atoms with Crippen LogP contribution in [-0.4, -0.2) is 0 Å². The Morgan fingerprint density at radius 2 is 1.24 bits per heavy atom. The predicted octanol–water partition coefficient (Wildman–Crippen LogP) is 9.10. The number of hydrogen-bond donors (Lipinski definition) is 0. The molecule has 164 valence electrons. The molecule has 0 aromatic carbocycles. The van der Waals surface area contributed by atoms with Gasteiger partial charge in [0.2, 0.25) is 0 Å². The van der Waals surface area contributed by atoms with Gasteiger partial charge in [0.1, 0.15) is 0 Å². The first kappa shape index (κ1) is 22.8. The fourth-order valence-electron chi connectivity index (χ4n) is 5.91. The SMILES string of the molecule is CC(=CC1CCC(CC=C(F)F)CC1)C1CCC(C=CC2CCC(C)CC2)CC1. The normalized spacial score (nSPS) is 36.9. The van der Waals surface area contributed by atoms with Gasteiger partial charge in [-0.3, -0.25) is 0 Å². The van der Waals surface area contributed by atoms with Crippen LogP contribution in [0.2, 0.25) is 0 Å². The van der Waals surface area contributed by atoms with Gasteiger partial charge in [-0.15, -0.1) is 0 Å². The Hall–Kier alpha value is -0.920. The Labute approximate surface area is 177 Å². The molecule has 3 aliphatic rings. The van der Waals surface area contributed by atoms with Gasteiger partial charge in [-0.1, -0.05) is 43.6 Å². The molecule has 0 atom stereocenters. The van der Waals surface area contributed by atoms with Gasteiger partial charge in [0, 0.05) is 0 Å². The molecule has 0 nitrogen and oxygen atoms in total. The number of hydrogen-bond acceptors (Lipinski definition) is 0. The lowest BCUT2D eigenvalue weighted by atomic mass is 9.75. The lowest BCUT2D eigenvalue weighted by Gasteiger charge is -2.30. The quantitative estimate of drug-likeness (QED) is 0.387. The number of halogens is 2. The van der Waals surface area contributed by atoms with E-state index in [1.165, 1.54) is 64.2 Å². The summed E-state index contributed by atoms with van der Waals surface area (Å²) in [6, 6.07) is 0.